The van der Waals surface area contributed by atoms with E-state index in [-0.39, 0.29) is 30.3 Å². The molecule has 0 bridgehead atoms. The molecule has 9 heteroatoms. The van der Waals surface area contributed by atoms with Gasteiger partial charge in [0.1, 0.15) is 11.5 Å². The summed E-state index contributed by atoms with van der Waals surface area (Å²) in [5.74, 6) is 0.475. The van der Waals surface area contributed by atoms with E-state index in [1.165, 1.54) is 12.1 Å². The van der Waals surface area contributed by atoms with E-state index in [0.717, 1.165) is 22.2 Å². The Morgan fingerprint density at radius 2 is 1.69 bits per heavy atom. The molecule has 1 fully saturated rings. The van der Waals surface area contributed by atoms with Crippen molar-refractivity contribution in [2.24, 2.45) is 0 Å². The lowest BCUT2D eigenvalue weighted by molar-refractivity contribution is 0.184. The zero-order valence-corrected chi connectivity index (χ0v) is 20.4. The van der Waals surface area contributed by atoms with E-state index < -0.39 is 0 Å². The van der Waals surface area contributed by atoms with Gasteiger partial charge in [0.25, 0.3) is 0 Å². The van der Waals surface area contributed by atoms with E-state index in [2.05, 4.69) is 26.5 Å². The summed E-state index contributed by atoms with van der Waals surface area (Å²) < 4.78 is 13.4. The Labute approximate surface area is 214 Å². The molecule has 2 heterocycles. The van der Waals surface area contributed by atoms with Crippen molar-refractivity contribution in [1.82, 2.24) is 15.1 Å². The largest absolute Gasteiger partial charge is 0.351 e. The van der Waals surface area contributed by atoms with E-state index in [0.29, 0.717) is 36.6 Å². The minimum Gasteiger partial charge on any atom is -0.351 e. The van der Waals surface area contributed by atoms with Crippen molar-refractivity contribution >= 4 is 40.7 Å². The van der Waals surface area contributed by atoms with Gasteiger partial charge in [-0.05, 0) is 55.5 Å². The minimum absolute atomic E-state index is 0. The maximum absolute atomic E-state index is 13.4. The number of nitrogens with zero attached hydrogens (tertiary/aromatic N) is 5. The highest BCUT2D eigenvalue weighted by Crippen LogP contribution is 2.32. The van der Waals surface area contributed by atoms with E-state index >= 15 is 0 Å². The average molecular weight is 503 g/mol. The third-order valence-electron chi connectivity index (χ3n) is 6.24. The van der Waals surface area contributed by atoms with E-state index in [9.17, 15) is 9.18 Å². The first kappa shape index (κ1) is 24.9. The number of benzene rings is 3. The molecule has 0 aliphatic carbocycles. The Balaban J connectivity index is 0.00000304. The molecule has 1 aliphatic rings. The first-order chi connectivity index (χ1) is 17.0. The Kier molecular flexibility index (Phi) is 7.32. The Bertz CT molecular complexity index is 1420. The molecular weight excluding hydrogens is 479 g/mol. The molecule has 2 amide bonds. The van der Waals surface area contributed by atoms with Crippen molar-refractivity contribution < 1.29 is 9.18 Å². The highest BCUT2D eigenvalue weighted by atomic mass is 35.5. The van der Waals surface area contributed by atoms with Crippen LogP contribution in [-0.4, -0.2) is 46.8 Å². The van der Waals surface area contributed by atoms with Crippen LogP contribution in [0.25, 0.3) is 22.0 Å². The molecule has 5 rings (SSSR count). The Morgan fingerprint density at radius 3 is 2.36 bits per heavy atom. The average Bonchev–Trinajstić information content (AvgIpc) is 2.89. The number of piperazine rings is 1. The second-order valence-electron chi connectivity index (χ2n) is 8.53. The fraction of sp³-hybridized carbons (Fsp3) is 0.185. The summed E-state index contributed by atoms with van der Waals surface area (Å²) in [6, 6.07) is 22.8. The first-order valence-electron chi connectivity index (χ1n) is 11.4. The third-order valence-corrected chi connectivity index (χ3v) is 6.24. The predicted molar refractivity (Wildman–Crippen MR) is 141 cm³/mol. The number of rotatable bonds is 3. The number of anilines is 2. The van der Waals surface area contributed by atoms with Crippen molar-refractivity contribution in [2.75, 3.05) is 29.9 Å². The van der Waals surface area contributed by atoms with Crippen LogP contribution in [0.3, 0.4) is 0 Å². The lowest BCUT2D eigenvalue weighted by atomic mass is 10.0. The number of urea groups is 1. The fourth-order valence-electron chi connectivity index (χ4n) is 4.42. The number of fused-ring (bicyclic) bond motifs is 1. The SMILES string of the molecule is CC1CN(c2nnc(-c3ccc(F)cc3)c3ccccc23)CCN1C(=O)Nc1ccc(C#N)cc1.Cl. The van der Waals surface area contributed by atoms with E-state index in [1.54, 1.807) is 41.3 Å². The number of carbonyl (C=O) groups excluding carboxylic acids is 1. The molecule has 3 aromatic carbocycles. The molecule has 0 spiro atoms. The molecular formula is C27H24ClFN6O. The summed E-state index contributed by atoms with van der Waals surface area (Å²) in [4.78, 5) is 16.8. The van der Waals surface area contributed by atoms with Crippen LogP contribution < -0.4 is 10.2 Å². The second kappa shape index (κ2) is 10.6. The van der Waals surface area contributed by atoms with Gasteiger partial charge in [0, 0.05) is 47.7 Å². The first-order valence-corrected chi connectivity index (χ1v) is 11.4. The molecule has 1 N–H and O–H groups in total. The quantitative estimate of drug-likeness (QED) is 0.401. The maximum Gasteiger partial charge on any atom is 0.322 e. The van der Waals surface area contributed by atoms with Crippen molar-refractivity contribution in [1.29, 1.82) is 5.26 Å². The molecule has 0 saturated carbocycles. The maximum atomic E-state index is 13.4. The minimum atomic E-state index is -0.294. The van der Waals surface area contributed by atoms with Gasteiger partial charge in [-0.2, -0.15) is 5.26 Å². The van der Waals surface area contributed by atoms with Crippen LogP contribution in [0.15, 0.2) is 72.8 Å². The summed E-state index contributed by atoms with van der Waals surface area (Å²) in [5.41, 5.74) is 2.71. The smallest absolute Gasteiger partial charge is 0.322 e. The van der Waals surface area contributed by atoms with Gasteiger partial charge < -0.3 is 15.1 Å². The van der Waals surface area contributed by atoms with Gasteiger partial charge in [-0.1, -0.05) is 24.3 Å². The van der Waals surface area contributed by atoms with Crippen molar-refractivity contribution in [3.63, 3.8) is 0 Å². The number of amides is 2. The van der Waals surface area contributed by atoms with Crippen molar-refractivity contribution in [3.8, 4) is 17.3 Å². The highest BCUT2D eigenvalue weighted by molar-refractivity contribution is 6.00. The highest BCUT2D eigenvalue weighted by Gasteiger charge is 2.29. The molecule has 1 saturated heterocycles. The van der Waals surface area contributed by atoms with Crippen LogP contribution in [0.5, 0.6) is 0 Å². The number of nitriles is 1. The van der Waals surface area contributed by atoms with Crippen LogP contribution in [0.1, 0.15) is 12.5 Å². The molecule has 1 aromatic heterocycles. The molecule has 7 nitrogen and oxygen atoms in total. The molecule has 1 aliphatic heterocycles. The van der Waals surface area contributed by atoms with Gasteiger partial charge in [0.15, 0.2) is 5.82 Å². The molecule has 182 valence electrons. The van der Waals surface area contributed by atoms with Crippen molar-refractivity contribution in [2.45, 2.75) is 13.0 Å². The zero-order chi connectivity index (χ0) is 24.4. The molecule has 1 unspecified atom stereocenters. The number of nitrogens with one attached hydrogen (secondary N) is 1. The topological polar surface area (TPSA) is 85.2 Å². The number of hydrogen-bond donors (Lipinski definition) is 1. The summed E-state index contributed by atoms with van der Waals surface area (Å²) in [6.07, 6.45) is 0. The van der Waals surface area contributed by atoms with E-state index in [1.807, 2.05) is 31.2 Å². The molecule has 1 atom stereocenters. The molecule has 36 heavy (non-hydrogen) atoms. The second-order valence-corrected chi connectivity index (χ2v) is 8.53. The monoisotopic (exact) mass is 502 g/mol. The lowest BCUT2D eigenvalue weighted by Gasteiger charge is -2.40. The third kappa shape index (κ3) is 4.92. The number of halogens is 2. The van der Waals surface area contributed by atoms with Gasteiger partial charge in [-0.15, -0.1) is 22.6 Å². The van der Waals surface area contributed by atoms with Gasteiger partial charge in [-0.25, -0.2) is 9.18 Å². The molecule has 4 aromatic rings. The zero-order valence-electron chi connectivity index (χ0n) is 19.6. The normalized spacial score (nSPS) is 15.2. The van der Waals surface area contributed by atoms with Crippen molar-refractivity contribution in [3.05, 3.63) is 84.2 Å². The van der Waals surface area contributed by atoms with Gasteiger partial charge in [-0.3, -0.25) is 0 Å². The summed E-state index contributed by atoms with van der Waals surface area (Å²) in [7, 11) is 0. The Morgan fingerprint density at radius 1 is 1.00 bits per heavy atom. The number of hydrogen-bond acceptors (Lipinski definition) is 5. The van der Waals surface area contributed by atoms with Crippen LogP contribution in [0.2, 0.25) is 0 Å². The van der Waals surface area contributed by atoms with Gasteiger partial charge in [0.2, 0.25) is 0 Å². The van der Waals surface area contributed by atoms with Crippen LogP contribution in [0.4, 0.5) is 20.7 Å². The van der Waals surface area contributed by atoms with Gasteiger partial charge >= 0.3 is 6.03 Å². The van der Waals surface area contributed by atoms with Crippen LogP contribution >= 0.6 is 12.4 Å². The van der Waals surface area contributed by atoms with Crippen LogP contribution in [0, 0.1) is 17.1 Å². The summed E-state index contributed by atoms with van der Waals surface area (Å²) in [6.45, 7) is 3.75. The standard InChI is InChI=1S/C27H23FN6O.ClH/c1-18-17-33(14-15-34(18)27(35)30-22-12-6-19(16-29)7-13-22)26-24-5-3-2-4-23(24)25(31-32-26)20-8-10-21(28)11-9-20;/h2-13,18H,14-15,17H2,1H3,(H,30,35);1H. The van der Waals surface area contributed by atoms with Gasteiger partial charge in [0.05, 0.1) is 11.6 Å². The fourth-order valence-corrected chi connectivity index (χ4v) is 4.42. The van der Waals surface area contributed by atoms with E-state index in [4.69, 9.17) is 5.26 Å². The predicted octanol–water partition coefficient (Wildman–Crippen LogP) is 5.47. The van der Waals surface area contributed by atoms with Crippen LogP contribution in [-0.2, 0) is 0 Å². The molecule has 0 radical (unpaired) electrons. The summed E-state index contributed by atoms with van der Waals surface area (Å²) >= 11 is 0. The summed E-state index contributed by atoms with van der Waals surface area (Å²) in [5, 5.41) is 22.8. The number of carbonyl (C=O) groups is 1. The lowest BCUT2D eigenvalue weighted by Crippen LogP contribution is -2.55. The number of aromatic nitrogens is 2. The Hall–Kier alpha value is -4.22.